The van der Waals surface area contributed by atoms with E-state index < -0.39 is 27.9 Å². The number of hydrogen-bond acceptors (Lipinski definition) is 5. The molecule has 0 saturated heterocycles. The summed E-state index contributed by atoms with van der Waals surface area (Å²) in [5.74, 6) is -1.35. The zero-order chi connectivity index (χ0) is 28.7. The molecule has 3 aromatic rings. The van der Waals surface area contributed by atoms with Gasteiger partial charge < -0.3 is 10.2 Å². The molecule has 0 unspecified atom stereocenters. The Morgan fingerprint density at radius 1 is 0.950 bits per heavy atom. The van der Waals surface area contributed by atoms with Gasteiger partial charge in [-0.2, -0.15) is 0 Å². The standard InChI is InChI=1S/C30H32BrN3O5S/c1-2-3-18-32-29(36)26(20-22-9-5-4-6-10-22)33(21-23-13-15-24(31)16-14-23)28(35)17-19-34-30(37)25-11-7-8-12-27(25)40(34,38)39/h4-16,26H,2-3,17-21H2,1H3,(H,32,36)/t26-/m0/s1. The Bertz CT molecular complexity index is 1460. The number of sulfonamides is 1. The molecular formula is C30H32BrN3O5S. The monoisotopic (exact) mass is 625 g/mol. The van der Waals surface area contributed by atoms with Crippen molar-refractivity contribution in [1.29, 1.82) is 0 Å². The number of nitrogens with one attached hydrogen (secondary N) is 1. The van der Waals surface area contributed by atoms with E-state index in [0.29, 0.717) is 6.54 Å². The van der Waals surface area contributed by atoms with Gasteiger partial charge >= 0.3 is 0 Å². The first-order valence-electron chi connectivity index (χ1n) is 13.2. The number of unbranched alkanes of at least 4 members (excludes halogenated alkanes) is 1. The number of nitrogens with zero attached hydrogens (tertiary/aromatic N) is 2. The minimum absolute atomic E-state index is 0.0589. The summed E-state index contributed by atoms with van der Waals surface area (Å²) in [5.41, 5.74) is 1.80. The normalized spacial score (nSPS) is 14.4. The number of halogens is 1. The first-order chi connectivity index (χ1) is 19.2. The molecule has 0 saturated carbocycles. The Hall–Kier alpha value is -3.50. The van der Waals surface area contributed by atoms with Gasteiger partial charge in [0.15, 0.2) is 0 Å². The van der Waals surface area contributed by atoms with Crippen LogP contribution in [0.25, 0.3) is 0 Å². The SMILES string of the molecule is CCCCNC(=O)[C@H](Cc1ccccc1)N(Cc1ccc(Br)cc1)C(=O)CCN1C(=O)c2ccccc2S1(=O)=O. The average molecular weight is 627 g/mol. The fourth-order valence-electron chi connectivity index (χ4n) is 4.64. The maximum atomic E-state index is 13.8. The van der Waals surface area contributed by atoms with Gasteiger partial charge in [0.05, 0.1) is 5.56 Å². The molecule has 0 aromatic heterocycles. The van der Waals surface area contributed by atoms with Crippen LogP contribution in [0.1, 0.15) is 47.7 Å². The summed E-state index contributed by atoms with van der Waals surface area (Å²) in [4.78, 5) is 41.7. The van der Waals surface area contributed by atoms with Crippen LogP contribution < -0.4 is 5.32 Å². The van der Waals surface area contributed by atoms with Gasteiger partial charge in [-0.3, -0.25) is 14.4 Å². The smallest absolute Gasteiger partial charge is 0.269 e. The van der Waals surface area contributed by atoms with Crippen molar-refractivity contribution in [3.63, 3.8) is 0 Å². The van der Waals surface area contributed by atoms with Crippen LogP contribution in [0.4, 0.5) is 0 Å². The number of fused-ring (bicyclic) bond motifs is 1. The lowest BCUT2D eigenvalue weighted by Crippen LogP contribution is -2.51. The highest BCUT2D eigenvalue weighted by molar-refractivity contribution is 9.10. The molecule has 3 amide bonds. The van der Waals surface area contributed by atoms with Crippen LogP contribution in [0.3, 0.4) is 0 Å². The van der Waals surface area contributed by atoms with Gasteiger partial charge in [0.1, 0.15) is 10.9 Å². The van der Waals surface area contributed by atoms with E-state index in [-0.39, 0.29) is 42.3 Å². The Morgan fingerprint density at radius 3 is 2.30 bits per heavy atom. The van der Waals surface area contributed by atoms with E-state index in [9.17, 15) is 22.8 Å². The lowest BCUT2D eigenvalue weighted by molar-refractivity contribution is -0.141. The minimum Gasteiger partial charge on any atom is -0.354 e. The third kappa shape index (κ3) is 6.79. The molecule has 40 heavy (non-hydrogen) atoms. The molecule has 0 fully saturated rings. The third-order valence-electron chi connectivity index (χ3n) is 6.81. The predicted octanol–water partition coefficient (Wildman–Crippen LogP) is 4.54. The molecule has 4 rings (SSSR count). The molecule has 1 aliphatic heterocycles. The number of amides is 3. The van der Waals surface area contributed by atoms with Crippen LogP contribution in [0.5, 0.6) is 0 Å². The summed E-state index contributed by atoms with van der Waals surface area (Å²) >= 11 is 3.42. The minimum atomic E-state index is -4.05. The highest BCUT2D eigenvalue weighted by atomic mass is 79.9. The van der Waals surface area contributed by atoms with Crippen LogP contribution in [0.2, 0.25) is 0 Å². The van der Waals surface area contributed by atoms with Crippen LogP contribution in [-0.2, 0) is 32.6 Å². The van der Waals surface area contributed by atoms with Gasteiger partial charge in [-0.05, 0) is 41.8 Å². The maximum Gasteiger partial charge on any atom is 0.269 e. The van der Waals surface area contributed by atoms with Crippen molar-refractivity contribution in [3.05, 3.63) is 100 Å². The number of carbonyl (C=O) groups excluding carboxylic acids is 3. The highest BCUT2D eigenvalue weighted by Gasteiger charge is 2.41. The molecule has 1 heterocycles. The van der Waals surface area contributed by atoms with Gasteiger partial charge in [0.2, 0.25) is 11.8 Å². The molecule has 1 atom stereocenters. The van der Waals surface area contributed by atoms with Crippen molar-refractivity contribution >= 4 is 43.7 Å². The second-order valence-electron chi connectivity index (χ2n) is 9.63. The summed E-state index contributed by atoms with van der Waals surface area (Å²) in [7, 11) is -4.05. The van der Waals surface area contributed by atoms with Crippen molar-refractivity contribution in [2.75, 3.05) is 13.1 Å². The molecule has 0 spiro atoms. The van der Waals surface area contributed by atoms with Gasteiger partial charge in [0.25, 0.3) is 15.9 Å². The lowest BCUT2D eigenvalue weighted by atomic mass is 10.0. The first-order valence-corrected chi connectivity index (χ1v) is 15.5. The van der Waals surface area contributed by atoms with Crippen LogP contribution in [-0.4, -0.2) is 54.5 Å². The number of hydrogen-bond donors (Lipinski definition) is 1. The van der Waals surface area contributed by atoms with Crippen molar-refractivity contribution < 1.29 is 22.8 Å². The largest absolute Gasteiger partial charge is 0.354 e. The zero-order valence-corrected chi connectivity index (χ0v) is 24.7. The second-order valence-corrected chi connectivity index (χ2v) is 12.4. The zero-order valence-electron chi connectivity index (χ0n) is 22.3. The Balaban J connectivity index is 1.62. The van der Waals surface area contributed by atoms with E-state index in [1.54, 1.807) is 12.1 Å². The van der Waals surface area contributed by atoms with Gasteiger partial charge in [-0.15, -0.1) is 0 Å². The molecule has 0 radical (unpaired) electrons. The van der Waals surface area contributed by atoms with Crippen molar-refractivity contribution in [2.24, 2.45) is 0 Å². The summed E-state index contributed by atoms with van der Waals surface area (Å²) in [5, 5.41) is 2.96. The predicted molar refractivity (Wildman–Crippen MR) is 156 cm³/mol. The molecular weight excluding hydrogens is 594 g/mol. The van der Waals surface area contributed by atoms with Crippen molar-refractivity contribution in [1.82, 2.24) is 14.5 Å². The molecule has 0 aliphatic carbocycles. The number of carbonyl (C=O) groups is 3. The Morgan fingerprint density at radius 2 is 1.62 bits per heavy atom. The van der Waals surface area contributed by atoms with E-state index in [2.05, 4.69) is 21.2 Å². The van der Waals surface area contributed by atoms with Crippen LogP contribution in [0, 0.1) is 0 Å². The van der Waals surface area contributed by atoms with E-state index >= 15 is 0 Å². The summed E-state index contributed by atoms with van der Waals surface area (Å²) in [6.45, 7) is 2.34. The Kier molecular flexibility index (Phi) is 9.76. The Labute approximate surface area is 243 Å². The lowest BCUT2D eigenvalue weighted by Gasteiger charge is -2.32. The molecule has 0 bridgehead atoms. The van der Waals surface area contributed by atoms with Crippen LogP contribution >= 0.6 is 15.9 Å². The van der Waals surface area contributed by atoms with Crippen molar-refractivity contribution in [2.45, 2.75) is 50.1 Å². The number of rotatable bonds is 12. The average Bonchev–Trinajstić information content (AvgIpc) is 3.15. The molecule has 8 nitrogen and oxygen atoms in total. The third-order valence-corrected chi connectivity index (χ3v) is 9.18. The fourth-order valence-corrected chi connectivity index (χ4v) is 6.47. The highest BCUT2D eigenvalue weighted by Crippen LogP contribution is 2.30. The van der Waals surface area contributed by atoms with E-state index in [0.717, 1.165) is 32.7 Å². The van der Waals surface area contributed by atoms with E-state index in [1.165, 1.54) is 17.0 Å². The van der Waals surface area contributed by atoms with E-state index in [1.807, 2.05) is 61.5 Å². The molecule has 1 N–H and O–H groups in total. The van der Waals surface area contributed by atoms with Gasteiger partial charge in [0, 0.05) is 36.9 Å². The summed E-state index contributed by atoms with van der Waals surface area (Å²) < 4.78 is 27.7. The second kappa shape index (κ2) is 13.2. The van der Waals surface area contributed by atoms with Gasteiger partial charge in [-0.1, -0.05) is 83.9 Å². The fraction of sp³-hybridized carbons (Fsp3) is 0.300. The van der Waals surface area contributed by atoms with E-state index in [4.69, 9.17) is 0 Å². The van der Waals surface area contributed by atoms with Crippen LogP contribution in [0.15, 0.2) is 88.2 Å². The molecule has 1 aliphatic rings. The molecule has 210 valence electrons. The summed E-state index contributed by atoms with van der Waals surface area (Å²) in [6.07, 6.45) is 1.74. The van der Waals surface area contributed by atoms with Gasteiger partial charge in [-0.25, -0.2) is 12.7 Å². The molecule has 3 aromatic carbocycles. The first kappa shape index (κ1) is 29.5. The topological polar surface area (TPSA) is 104 Å². The maximum absolute atomic E-state index is 13.8. The summed E-state index contributed by atoms with van der Waals surface area (Å²) in [6, 6.07) is 22.1. The van der Waals surface area contributed by atoms with Crippen molar-refractivity contribution in [3.8, 4) is 0 Å². The quantitative estimate of drug-likeness (QED) is 0.298. The molecule has 10 heteroatoms. The number of benzene rings is 3.